The van der Waals surface area contributed by atoms with Gasteiger partial charge >= 0.3 is 0 Å². The van der Waals surface area contributed by atoms with E-state index >= 15 is 0 Å². The lowest BCUT2D eigenvalue weighted by Crippen LogP contribution is -2.36. The second-order valence-electron chi connectivity index (χ2n) is 8.67. The van der Waals surface area contributed by atoms with Gasteiger partial charge in [0.1, 0.15) is 5.82 Å². The number of piperidine rings is 1. The normalized spacial score (nSPS) is 20.1. The lowest BCUT2D eigenvalue weighted by molar-refractivity contribution is 0.0268. The van der Waals surface area contributed by atoms with Crippen molar-refractivity contribution in [2.24, 2.45) is 5.73 Å². The van der Waals surface area contributed by atoms with Gasteiger partial charge in [-0.25, -0.2) is 4.39 Å². The third kappa shape index (κ3) is 4.10. The Hall–Kier alpha value is -2.70. The van der Waals surface area contributed by atoms with E-state index in [4.69, 9.17) is 10.5 Å². The van der Waals surface area contributed by atoms with Gasteiger partial charge in [0.2, 0.25) is 5.91 Å². The van der Waals surface area contributed by atoms with E-state index in [1.54, 1.807) is 12.1 Å². The van der Waals surface area contributed by atoms with Crippen molar-refractivity contribution < 1.29 is 13.9 Å². The van der Waals surface area contributed by atoms with Crippen molar-refractivity contribution in [3.63, 3.8) is 0 Å². The summed E-state index contributed by atoms with van der Waals surface area (Å²) in [5, 5.41) is 1.09. The number of nitrogens with two attached hydrogens (primary N) is 1. The first kappa shape index (κ1) is 20.2. The molecule has 1 unspecified atom stereocenters. The molecule has 3 aromatic rings. The van der Waals surface area contributed by atoms with Gasteiger partial charge in [-0.2, -0.15) is 0 Å². The SMILES string of the molecule is NC(=O)c1ccc2c(c1)CCOC2CCN1CCC(n2ccc3ccc(F)cc32)CC1. The summed E-state index contributed by atoms with van der Waals surface area (Å²) < 4.78 is 22.0. The van der Waals surface area contributed by atoms with E-state index in [9.17, 15) is 9.18 Å². The highest BCUT2D eigenvalue weighted by Gasteiger charge is 2.25. The van der Waals surface area contributed by atoms with E-state index in [0.29, 0.717) is 18.2 Å². The van der Waals surface area contributed by atoms with Gasteiger partial charge in [0, 0.05) is 37.4 Å². The molecule has 1 fully saturated rings. The van der Waals surface area contributed by atoms with Crippen LogP contribution in [0.4, 0.5) is 4.39 Å². The van der Waals surface area contributed by atoms with Gasteiger partial charge in [0.05, 0.1) is 18.2 Å². The molecule has 5 rings (SSSR count). The molecule has 2 aliphatic heterocycles. The number of halogens is 1. The highest BCUT2D eigenvalue weighted by atomic mass is 19.1. The number of hydrogen-bond acceptors (Lipinski definition) is 3. The quantitative estimate of drug-likeness (QED) is 0.671. The third-order valence-electron chi connectivity index (χ3n) is 6.81. The number of aromatic nitrogens is 1. The first-order chi connectivity index (χ1) is 15.1. The average Bonchev–Trinajstić information content (AvgIpc) is 3.20. The second kappa shape index (κ2) is 8.44. The number of benzene rings is 2. The molecule has 1 saturated heterocycles. The predicted octanol–water partition coefficient (Wildman–Crippen LogP) is 4.22. The molecule has 2 N–H and O–H groups in total. The van der Waals surface area contributed by atoms with Crippen molar-refractivity contribution in [2.75, 3.05) is 26.2 Å². The van der Waals surface area contributed by atoms with Crippen LogP contribution in [0.3, 0.4) is 0 Å². The number of likely N-dealkylation sites (tertiary alicyclic amines) is 1. The highest BCUT2D eigenvalue weighted by Crippen LogP contribution is 2.32. The van der Waals surface area contributed by atoms with Gasteiger partial charge < -0.3 is 19.9 Å². The van der Waals surface area contributed by atoms with Gasteiger partial charge in [-0.05, 0) is 78.6 Å². The fourth-order valence-electron chi connectivity index (χ4n) is 5.09. The fraction of sp³-hybridized carbons (Fsp3) is 0.400. The molecule has 2 aliphatic rings. The average molecular weight is 422 g/mol. The van der Waals surface area contributed by atoms with Crippen molar-refractivity contribution in [1.29, 1.82) is 0 Å². The topological polar surface area (TPSA) is 60.5 Å². The zero-order valence-corrected chi connectivity index (χ0v) is 17.6. The molecule has 0 radical (unpaired) electrons. The summed E-state index contributed by atoms with van der Waals surface area (Å²) >= 11 is 0. The summed E-state index contributed by atoms with van der Waals surface area (Å²) in [6.45, 7) is 3.72. The number of carbonyl (C=O) groups is 1. The first-order valence-electron chi connectivity index (χ1n) is 11.1. The lowest BCUT2D eigenvalue weighted by atomic mass is 9.93. The van der Waals surface area contributed by atoms with Gasteiger partial charge in [-0.1, -0.05) is 6.07 Å². The number of hydrogen-bond donors (Lipinski definition) is 1. The van der Waals surface area contributed by atoms with Gasteiger partial charge in [-0.3, -0.25) is 4.79 Å². The zero-order chi connectivity index (χ0) is 21.4. The highest BCUT2D eigenvalue weighted by molar-refractivity contribution is 5.93. The predicted molar refractivity (Wildman–Crippen MR) is 119 cm³/mol. The number of rotatable bonds is 5. The van der Waals surface area contributed by atoms with Crippen LogP contribution in [-0.2, 0) is 11.2 Å². The Balaban J connectivity index is 1.19. The maximum absolute atomic E-state index is 13.7. The van der Waals surface area contributed by atoms with Crippen molar-refractivity contribution in [1.82, 2.24) is 9.47 Å². The molecule has 1 amide bonds. The molecule has 6 heteroatoms. The van der Waals surface area contributed by atoms with Crippen molar-refractivity contribution in [3.05, 3.63) is 71.2 Å². The largest absolute Gasteiger partial charge is 0.373 e. The maximum atomic E-state index is 13.7. The van der Waals surface area contributed by atoms with Crippen LogP contribution in [0.1, 0.15) is 52.9 Å². The second-order valence-corrected chi connectivity index (χ2v) is 8.67. The van der Waals surface area contributed by atoms with Crippen molar-refractivity contribution >= 4 is 16.8 Å². The Morgan fingerprint density at radius 2 is 1.97 bits per heavy atom. The minimum absolute atomic E-state index is 0.0692. The van der Waals surface area contributed by atoms with Crippen LogP contribution in [0.5, 0.6) is 0 Å². The lowest BCUT2D eigenvalue weighted by Gasteiger charge is -2.34. The summed E-state index contributed by atoms with van der Waals surface area (Å²) in [6.07, 6.45) is 6.04. The van der Waals surface area contributed by atoms with E-state index in [0.717, 1.165) is 56.2 Å². The molecule has 0 saturated carbocycles. The van der Waals surface area contributed by atoms with E-state index in [-0.39, 0.29) is 17.8 Å². The van der Waals surface area contributed by atoms with E-state index in [2.05, 4.69) is 21.7 Å². The monoisotopic (exact) mass is 421 g/mol. The zero-order valence-electron chi connectivity index (χ0n) is 17.6. The van der Waals surface area contributed by atoms with Crippen molar-refractivity contribution in [2.45, 2.75) is 37.8 Å². The van der Waals surface area contributed by atoms with E-state index < -0.39 is 0 Å². The number of nitrogens with zero attached hydrogens (tertiary/aromatic N) is 2. The molecule has 2 aromatic carbocycles. The molecule has 1 aromatic heterocycles. The van der Waals surface area contributed by atoms with E-state index in [1.165, 1.54) is 17.2 Å². The molecule has 0 spiro atoms. The molecule has 162 valence electrons. The van der Waals surface area contributed by atoms with Crippen LogP contribution >= 0.6 is 0 Å². The Morgan fingerprint density at radius 3 is 2.77 bits per heavy atom. The van der Waals surface area contributed by atoms with Crippen LogP contribution in [0.15, 0.2) is 48.7 Å². The van der Waals surface area contributed by atoms with Crippen LogP contribution < -0.4 is 5.73 Å². The van der Waals surface area contributed by atoms with Gasteiger partial charge in [-0.15, -0.1) is 0 Å². The Labute approximate surface area is 181 Å². The molecule has 31 heavy (non-hydrogen) atoms. The number of fused-ring (bicyclic) bond motifs is 2. The first-order valence-corrected chi connectivity index (χ1v) is 11.1. The summed E-state index contributed by atoms with van der Waals surface area (Å²) in [5.74, 6) is -0.562. The summed E-state index contributed by atoms with van der Waals surface area (Å²) in [7, 11) is 0. The summed E-state index contributed by atoms with van der Waals surface area (Å²) in [6, 6.07) is 13.2. The molecular formula is C25H28FN3O2. The Morgan fingerprint density at radius 1 is 1.13 bits per heavy atom. The Bertz CT molecular complexity index is 1100. The number of primary amides is 1. The summed E-state index contributed by atoms with van der Waals surface area (Å²) in [5.41, 5.74) is 9.35. The van der Waals surface area contributed by atoms with Gasteiger partial charge in [0.25, 0.3) is 0 Å². The minimum atomic E-state index is -0.382. The standard InChI is InChI=1S/C25H28FN3O2/c26-20-3-1-17-5-13-29(23(17)16-20)21-6-10-28(11-7-21)12-8-24-22-4-2-19(25(27)30)15-18(22)9-14-31-24/h1-5,13,15-16,21,24H,6-12,14H2,(H2,27,30). The van der Waals surface area contributed by atoms with Crippen LogP contribution in [0.2, 0.25) is 0 Å². The van der Waals surface area contributed by atoms with Crippen LogP contribution in [0, 0.1) is 5.82 Å². The molecule has 3 heterocycles. The number of carbonyl (C=O) groups excluding carboxylic acids is 1. The minimum Gasteiger partial charge on any atom is -0.373 e. The molecule has 0 aliphatic carbocycles. The molecule has 5 nitrogen and oxygen atoms in total. The van der Waals surface area contributed by atoms with E-state index in [1.807, 2.05) is 18.2 Å². The molecule has 1 atom stereocenters. The smallest absolute Gasteiger partial charge is 0.248 e. The summed E-state index contributed by atoms with van der Waals surface area (Å²) in [4.78, 5) is 14.0. The third-order valence-corrected chi connectivity index (χ3v) is 6.81. The number of ether oxygens (including phenoxy) is 1. The maximum Gasteiger partial charge on any atom is 0.248 e. The van der Waals surface area contributed by atoms with Crippen molar-refractivity contribution in [3.8, 4) is 0 Å². The van der Waals surface area contributed by atoms with Crippen LogP contribution in [-0.4, -0.2) is 41.6 Å². The Kier molecular flexibility index (Phi) is 5.50. The van der Waals surface area contributed by atoms with Crippen LogP contribution in [0.25, 0.3) is 10.9 Å². The fourth-order valence-corrected chi connectivity index (χ4v) is 5.09. The van der Waals surface area contributed by atoms with Gasteiger partial charge in [0.15, 0.2) is 0 Å². The molecular weight excluding hydrogens is 393 g/mol. The number of amides is 1. The molecule has 0 bridgehead atoms.